The zero-order valence-electron chi connectivity index (χ0n) is 9.70. The van der Waals surface area contributed by atoms with Gasteiger partial charge in [-0.1, -0.05) is 29.3 Å². The summed E-state index contributed by atoms with van der Waals surface area (Å²) >= 11 is 11.1. The molecule has 0 fully saturated rings. The molecule has 20 heavy (non-hydrogen) atoms. The second kappa shape index (κ2) is 5.55. The van der Waals surface area contributed by atoms with Crippen LogP contribution in [-0.4, -0.2) is 8.42 Å². The molecule has 0 aliphatic rings. The van der Waals surface area contributed by atoms with Gasteiger partial charge in [0.15, 0.2) is 5.82 Å². The lowest BCUT2D eigenvalue weighted by Gasteiger charge is -2.10. The van der Waals surface area contributed by atoms with E-state index in [2.05, 4.69) is 0 Å². The molecule has 0 saturated heterocycles. The van der Waals surface area contributed by atoms with Crippen LogP contribution >= 0.6 is 23.2 Å². The van der Waals surface area contributed by atoms with Crippen molar-refractivity contribution in [1.82, 2.24) is 0 Å². The Labute approximate surface area is 124 Å². The predicted molar refractivity (Wildman–Crippen MR) is 73.6 cm³/mol. The smallest absolute Gasteiger partial charge is 0.262 e. The van der Waals surface area contributed by atoms with Crippen LogP contribution in [0.4, 0.5) is 14.5 Å². The molecule has 0 aromatic heterocycles. The second-order valence-electron chi connectivity index (χ2n) is 3.78. The Balaban J connectivity index is 2.41. The van der Waals surface area contributed by atoms with Crippen LogP contribution < -0.4 is 4.72 Å². The molecule has 2 rings (SSSR count). The average molecular weight is 338 g/mol. The molecule has 0 amide bonds. The van der Waals surface area contributed by atoms with Crippen molar-refractivity contribution in [2.75, 3.05) is 4.72 Å². The summed E-state index contributed by atoms with van der Waals surface area (Å²) in [6, 6.07) is 6.74. The summed E-state index contributed by atoms with van der Waals surface area (Å²) in [4.78, 5) is -0.289. The number of hydrogen-bond donors (Lipinski definition) is 1. The molecule has 0 saturated carbocycles. The number of nitrogens with one attached hydrogen (secondary N) is 1. The highest BCUT2D eigenvalue weighted by molar-refractivity contribution is 7.92. The standard InChI is InChI=1S/C12H7Cl2F2NO2S/c13-8-2-1-3-11(12(8)16)17-20(18,19)7-4-5-10(15)9(14)6-7/h1-6,17H. The van der Waals surface area contributed by atoms with Gasteiger partial charge in [0.1, 0.15) is 5.82 Å². The maximum absolute atomic E-state index is 13.6. The molecule has 0 aliphatic heterocycles. The van der Waals surface area contributed by atoms with E-state index in [-0.39, 0.29) is 20.6 Å². The molecule has 0 aliphatic carbocycles. The van der Waals surface area contributed by atoms with Crippen molar-refractivity contribution in [2.45, 2.75) is 4.90 Å². The Morgan fingerprint density at radius 3 is 2.35 bits per heavy atom. The fourth-order valence-electron chi connectivity index (χ4n) is 1.43. The van der Waals surface area contributed by atoms with Crippen LogP contribution in [0.5, 0.6) is 0 Å². The second-order valence-corrected chi connectivity index (χ2v) is 6.28. The molecule has 0 heterocycles. The van der Waals surface area contributed by atoms with Gasteiger partial charge in [0, 0.05) is 0 Å². The third kappa shape index (κ3) is 3.03. The maximum Gasteiger partial charge on any atom is 0.262 e. The topological polar surface area (TPSA) is 46.2 Å². The summed E-state index contributed by atoms with van der Waals surface area (Å²) in [6.45, 7) is 0. The van der Waals surface area contributed by atoms with Crippen molar-refractivity contribution in [3.05, 3.63) is 58.1 Å². The van der Waals surface area contributed by atoms with Gasteiger partial charge in [0.05, 0.1) is 20.6 Å². The molecule has 0 unspecified atom stereocenters. The van der Waals surface area contributed by atoms with Gasteiger partial charge in [0.25, 0.3) is 10.0 Å². The molecule has 2 aromatic rings. The summed E-state index contributed by atoms with van der Waals surface area (Å²) in [7, 11) is -4.09. The van der Waals surface area contributed by atoms with Crippen LogP contribution in [0, 0.1) is 11.6 Å². The predicted octanol–water partition coefficient (Wildman–Crippen LogP) is 4.07. The monoisotopic (exact) mass is 337 g/mol. The quantitative estimate of drug-likeness (QED) is 0.917. The highest BCUT2D eigenvalue weighted by Crippen LogP contribution is 2.26. The molecule has 0 bridgehead atoms. The van der Waals surface area contributed by atoms with Crippen LogP contribution in [-0.2, 0) is 10.0 Å². The van der Waals surface area contributed by atoms with Gasteiger partial charge in [-0.15, -0.1) is 0 Å². The van der Waals surface area contributed by atoms with Gasteiger partial charge in [-0.25, -0.2) is 17.2 Å². The summed E-state index contributed by atoms with van der Waals surface area (Å²) in [5.41, 5.74) is -0.307. The number of benzene rings is 2. The third-order valence-corrected chi connectivity index (χ3v) is 4.34. The Kier molecular flexibility index (Phi) is 4.17. The molecule has 2 aromatic carbocycles. The Hall–Kier alpha value is -1.37. The zero-order valence-corrected chi connectivity index (χ0v) is 12.0. The summed E-state index contributed by atoms with van der Waals surface area (Å²) in [5, 5.41) is -0.568. The van der Waals surface area contributed by atoms with Gasteiger partial charge in [-0.3, -0.25) is 4.72 Å². The summed E-state index contributed by atoms with van der Waals surface area (Å²) < 4.78 is 52.7. The molecular formula is C12H7Cl2F2NO2S. The number of halogens is 4. The largest absolute Gasteiger partial charge is 0.277 e. The van der Waals surface area contributed by atoms with E-state index in [1.165, 1.54) is 18.2 Å². The lowest BCUT2D eigenvalue weighted by Crippen LogP contribution is -2.14. The molecule has 0 radical (unpaired) electrons. The van der Waals surface area contributed by atoms with Crippen LogP contribution in [0.25, 0.3) is 0 Å². The van der Waals surface area contributed by atoms with Crippen molar-refractivity contribution in [1.29, 1.82) is 0 Å². The van der Waals surface area contributed by atoms with E-state index in [9.17, 15) is 17.2 Å². The molecule has 0 atom stereocenters. The van der Waals surface area contributed by atoms with E-state index in [1.54, 1.807) is 0 Å². The Morgan fingerprint density at radius 1 is 1.00 bits per heavy atom. The minimum Gasteiger partial charge on any atom is -0.277 e. The van der Waals surface area contributed by atoms with E-state index in [0.717, 1.165) is 18.2 Å². The van der Waals surface area contributed by atoms with E-state index < -0.39 is 21.7 Å². The SMILES string of the molecule is O=S(=O)(Nc1cccc(Cl)c1F)c1ccc(F)c(Cl)c1. The first-order valence-corrected chi connectivity index (χ1v) is 7.47. The Bertz CT molecular complexity index is 766. The maximum atomic E-state index is 13.6. The van der Waals surface area contributed by atoms with E-state index in [4.69, 9.17) is 23.2 Å². The molecule has 106 valence electrons. The molecule has 0 spiro atoms. The van der Waals surface area contributed by atoms with E-state index in [0.29, 0.717) is 0 Å². The summed E-state index contributed by atoms with van der Waals surface area (Å²) in [5.74, 6) is -1.65. The zero-order chi connectivity index (χ0) is 14.9. The highest BCUT2D eigenvalue weighted by atomic mass is 35.5. The van der Waals surface area contributed by atoms with Gasteiger partial charge < -0.3 is 0 Å². The van der Waals surface area contributed by atoms with Gasteiger partial charge in [0.2, 0.25) is 0 Å². The van der Waals surface area contributed by atoms with Crippen molar-refractivity contribution in [3.63, 3.8) is 0 Å². The lowest BCUT2D eigenvalue weighted by molar-refractivity contribution is 0.597. The third-order valence-electron chi connectivity index (χ3n) is 2.40. The van der Waals surface area contributed by atoms with Gasteiger partial charge >= 0.3 is 0 Å². The van der Waals surface area contributed by atoms with Crippen LogP contribution in [0.3, 0.4) is 0 Å². The van der Waals surface area contributed by atoms with Gasteiger partial charge in [-0.2, -0.15) is 0 Å². The minimum atomic E-state index is -4.09. The molecule has 8 heteroatoms. The van der Waals surface area contributed by atoms with E-state index in [1.807, 2.05) is 4.72 Å². The van der Waals surface area contributed by atoms with Crippen molar-refractivity contribution < 1.29 is 17.2 Å². The van der Waals surface area contributed by atoms with Crippen molar-refractivity contribution in [2.24, 2.45) is 0 Å². The van der Waals surface area contributed by atoms with Crippen LogP contribution in [0.15, 0.2) is 41.3 Å². The lowest BCUT2D eigenvalue weighted by atomic mass is 10.3. The average Bonchev–Trinajstić information content (AvgIpc) is 2.38. The van der Waals surface area contributed by atoms with Gasteiger partial charge in [-0.05, 0) is 30.3 Å². The fraction of sp³-hybridized carbons (Fsp3) is 0. The van der Waals surface area contributed by atoms with Crippen molar-refractivity contribution in [3.8, 4) is 0 Å². The van der Waals surface area contributed by atoms with Crippen molar-refractivity contribution >= 4 is 38.9 Å². The van der Waals surface area contributed by atoms with Crippen LogP contribution in [0.1, 0.15) is 0 Å². The van der Waals surface area contributed by atoms with E-state index >= 15 is 0 Å². The number of sulfonamides is 1. The highest BCUT2D eigenvalue weighted by Gasteiger charge is 2.18. The minimum absolute atomic E-state index is 0.220. The fourth-order valence-corrected chi connectivity index (χ4v) is 2.94. The number of anilines is 1. The Morgan fingerprint density at radius 2 is 1.70 bits per heavy atom. The first kappa shape index (κ1) is 15.0. The van der Waals surface area contributed by atoms with Crippen LogP contribution in [0.2, 0.25) is 10.0 Å². The molecule has 1 N–H and O–H groups in total. The number of hydrogen-bond acceptors (Lipinski definition) is 2. The first-order valence-electron chi connectivity index (χ1n) is 5.23. The number of rotatable bonds is 3. The first-order chi connectivity index (χ1) is 9.31. The molecular weight excluding hydrogens is 331 g/mol. The normalized spacial score (nSPS) is 11.4. The summed E-state index contributed by atoms with van der Waals surface area (Å²) in [6.07, 6.45) is 0. The molecule has 3 nitrogen and oxygen atoms in total.